The van der Waals surface area contributed by atoms with Crippen molar-refractivity contribution >= 4 is 11.6 Å². The number of aromatic nitrogens is 5. The van der Waals surface area contributed by atoms with Gasteiger partial charge in [0.1, 0.15) is 18.1 Å². The van der Waals surface area contributed by atoms with E-state index in [9.17, 15) is 8.78 Å². The van der Waals surface area contributed by atoms with Crippen LogP contribution in [0.15, 0.2) is 36.4 Å². The van der Waals surface area contributed by atoms with Crippen LogP contribution in [-0.2, 0) is 6.61 Å². The minimum atomic E-state index is -2.87. The smallest absolute Gasteiger partial charge is 0.387 e. The van der Waals surface area contributed by atoms with Gasteiger partial charge in [0.05, 0.1) is 11.4 Å². The van der Waals surface area contributed by atoms with Crippen LogP contribution >= 0.6 is 11.6 Å². The molecule has 10 heteroatoms. The zero-order valence-electron chi connectivity index (χ0n) is 12.9. The van der Waals surface area contributed by atoms with Gasteiger partial charge in [-0.1, -0.05) is 16.8 Å². The number of aryl methyl sites for hydroxylation is 1. The van der Waals surface area contributed by atoms with Crippen LogP contribution in [-0.4, -0.2) is 31.8 Å². The molecule has 0 saturated heterocycles. The second-order valence-corrected chi connectivity index (χ2v) is 5.28. The second kappa shape index (κ2) is 7.39. The summed E-state index contributed by atoms with van der Waals surface area (Å²) in [4.78, 5) is 0. The Morgan fingerprint density at radius 1 is 1.08 bits per heavy atom. The average Bonchev–Trinajstić information content (AvgIpc) is 2.95. The summed E-state index contributed by atoms with van der Waals surface area (Å²) in [6.45, 7) is -0.946. The van der Waals surface area contributed by atoms with Crippen molar-refractivity contribution in [2.24, 2.45) is 0 Å². The lowest BCUT2D eigenvalue weighted by Gasteiger charge is -2.09. The van der Waals surface area contributed by atoms with E-state index >= 15 is 0 Å². The summed E-state index contributed by atoms with van der Waals surface area (Å²) in [5.74, 6) is 0.363. The van der Waals surface area contributed by atoms with Crippen molar-refractivity contribution in [1.82, 2.24) is 25.2 Å². The molecular weight excluding hydrogens is 356 g/mol. The Hall–Kier alpha value is -2.81. The summed E-state index contributed by atoms with van der Waals surface area (Å²) in [5.41, 5.74) is 1.97. The van der Waals surface area contributed by atoms with Gasteiger partial charge in [-0.2, -0.15) is 8.78 Å². The summed E-state index contributed by atoms with van der Waals surface area (Å²) in [6.07, 6.45) is 0. The van der Waals surface area contributed by atoms with E-state index in [2.05, 4.69) is 25.2 Å². The molecule has 2 aromatic heterocycles. The molecule has 0 fully saturated rings. The van der Waals surface area contributed by atoms with Gasteiger partial charge >= 0.3 is 6.61 Å². The predicted molar refractivity (Wildman–Crippen MR) is 84.1 cm³/mol. The highest BCUT2D eigenvalue weighted by Gasteiger charge is 2.13. The van der Waals surface area contributed by atoms with Crippen LogP contribution in [0, 0.1) is 6.92 Å². The average molecular weight is 368 g/mol. The summed E-state index contributed by atoms with van der Waals surface area (Å²) in [7, 11) is 0. The third kappa shape index (κ3) is 4.18. The van der Waals surface area contributed by atoms with Crippen molar-refractivity contribution in [3.63, 3.8) is 0 Å². The fourth-order valence-corrected chi connectivity index (χ4v) is 2.14. The summed E-state index contributed by atoms with van der Waals surface area (Å²) in [6, 6.07) is 9.19. The zero-order chi connectivity index (χ0) is 17.8. The van der Waals surface area contributed by atoms with Crippen LogP contribution < -0.4 is 9.47 Å². The first-order chi connectivity index (χ1) is 12.0. The summed E-state index contributed by atoms with van der Waals surface area (Å²) < 4.78 is 35.9. The van der Waals surface area contributed by atoms with E-state index in [4.69, 9.17) is 16.3 Å². The Balaban J connectivity index is 1.78. The molecule has 3 aromatic rings. The number of alkyl halides is 2. The lowest BCUT2D eigenvalue weighted by Crippen LogP contribution is -2.08. The molecule has 0 bridgehead atoms. The van der Waals surface area contributed by atoms with Gasteiger partial charge in [-0.05, 0) is 37.3 Å². The maximum atomic E-state index is 12.2. The Bertz CT molecular complexity index is 840. The predicted octanol–water partition coefficient (Wildman–Crippen LogP) is 3.20. The zero-order valence-corrected chi connectivity index (χ0v) is 13.7. The van der Waals surface area contributed by atoms with Crippen LogP contribution in [0.25, 0.3) is 5.69 Å². The molecule has 0 aliphatic heterocycles. The Kier molecular flexibility index (Phi) is 5.03. The maximum absolute atomic E-state index is 12.2. The number of ether oxygens (including phenoxy) is 2. The number of benzene rings is 1. The van der Waals surface area contributed by atoms with Crippen LogP contribution in [0.4, 0.5) is 8.78 Å². The van der Waals surface area contributed by atoms with Gasteiger partial charge in [-0.25, -0.2) is 4.68 Å². The molecule has 3 rings (SSSR count). The third-order valence-corrected chi connectivity index (χ3v) is 3.43. The highest BCUT2D eigenvalue weighted by Crippen LogP contribution is 2.20. The molecule has 130 valence electrons. The van der Waals surface area contributed by atoms with Crippen molar-refractivity contribution in [3.05, 3.63) is 52.9 Å². The number of rotatable bonds is 6. The second-order valence-electron chi connectivity index (χ2n) is 4.89. The quantitative estimate of drug-likeness (QED) is 0.666. The highest BCUT2D eigenvalue weighted by atomic mass is 35.5. The van der Waals surface area contributed by atoms with Gasteiger partial charge in [0.15, 0.2) is 5.15 Å². The van der Waals surface area contributed by atoms with E-state index in [1.54, 1.807) is 35.9 Å². The summed E-state index contributed by atoms with van der Waals surface area (Å²) in [5, 5.41) is 15.8. The fourth-order valence-electron chi connectivity index (χ4n) is 2.04. The molecule has 0 atom stereocenters. The number of halogens is 3. The van der Waals surface area contributed by atoms with E-state index in [1.807, 2.05) is 0 Å². The largest absolute Gasteiger partial charge is 0.470 e. The first kappa shape index (κ1) is 17.0. The van der Waals surface area contributed by atoms with Gasteiger partial charge < -0.3 is 9.47 Å². The molecule has 0 unspecified atom stereocenters. The topological polar surface area (TPSA) is 75.0 Å². The van der Waals surface area contributed by atoms with Crippen LogP contribution in [0.5, 0.6) is 11.6 Å². The Morgan fingerprint density at radius 2 is 1.84 bits per heavy atom. The first-order valence-corrected chi connectivity index (χ1v) is 7.49. The lowest BCUT2D eigenvalue weighted by atomic mass is 10.3. The van der Waals surface area contributed by atoms with Crippen molar-refractivity contribution in [1.29, 1.82) is 0 Å². The Labute approximate surface area is 146 Å². The van der Waals surface area contributed by atoms with E-state index in [0.717, 1.165) is 0 Å². The maximum Gasteiger partial charge on any atom is 0.387 e. The van der Waals surface area contributed by atoms with Crippen molar-refractivity contribution < 1.29 is 18.3 Å². The van der Waals surface area contributed by atoms with Crippen molar-refractivity contribution in [3.8, 4) is 17.3 Å². The molecule has 25 heavy (non-hydrogen) atoms. The molecular formula is C15H12ClF2N5O2. The first-order valence-electron chi connectivity index (χ1n) is 7.11. The molecule has 0 N–H and O–H groups in total. The summed E-state index contributed by atoms with van der Waals surface area (Å²) >= 11 is 5.68. The number of hydrogen-bond donors (Lipinski definition) is 0. The van der Waals surface area contributed by atoms with Gasteiger partial charge in [0.25, 0.3) is 0 Å². The fraction of sp³-hybridized carbons (Fsp3) is 0.200. The monoisotopic (exact) mass is 367 g/mol. The number of nitrogens with zero attached hydrogens (tertiary/aromatic N) is 5. The molecule has 7 nitrogen and oxygen atoms in total. The molecule has 2 heterocycles. The van der Waals surface area contributed by atoms with Crippen molar-refractivity contribution in [2.75, 3.05) is 0 Å². The molecule has 0 aliphatic rings. The number of hydrogen-bond acceptors (Lipinski definition) is 6. The molecule has 1 aromatic carbocycles. The minimum absolute atomic E-state index is 0.0600. The van der Waals surface area contributed by atoms with Crippen LogP contribution in [0.3, 0.4) is 0 Å². The Morgan fingerprint density at radius 3 is 2.48 bits per heavy atom. The van der Waals surface area contributed by atoms with E-state index in [-0.39, 0.29) is 17.5 Å². The van der Waals surface area contributed by atoms with E-state index in [1.165, 1.54) is 12.1 Å². The highest BCUT2D eigenvalue weighted by molar-refractivity contribution is 6.29. The third-order valence-electron chi connectivity index (χ3n) is 3.23. The molecule has 0 spiro atoms. The molecule has 0 radical (unpaired) electrons. The molecule has 0 amide bonds. The standard InChI is InChI=1S/C15H12ClF2N5O2/c1-9-12(8-24-14-7-6-13(16)20-21-14)23(22-19-9)10-2-4-11(5-3-10)25-15(17)18/h2-7,15H,8H2,1H3. The van der Waals surface area contributed by atoms with E-state index in [0.29, 0.717) is 23.0 Å². The molecule has 0 aliphatic carbocycles. The van der Waals surface area contributed by atoms with Crippen LogP contribution in [0.2, 0.25) is 5.15 Å². The van der Waals surface area contributed by atoms with Gasteiger partial charge in [0, 0.05) is 6.07 Å². The van der Waals surface area contributed by atoms with Crippen LogP contribution in [0.1, 0.15) is 11.4 Å². The van der Waals surface area contributed by atoms with Crippen molar-refractivity contribution in [2.45, 2.75) is 20.1 Å². The lowest BCUT2D eigenvalue weighted by molar-refractivity contribution is -0.0498. The minimum Gasteiger partial charge on any atom is -0.470 e. The van der Waals surface area contributed by atoms with Gasteiger partial charge in [-0.3, -0.25) is 0 Å². The van der Waals surface area contributed by atoms with Gasteiger partial charge in [-0.15, -0.1) is 15.3 Å². The normalized spacial score (nSPS) is 10.9. The van der Waals surface area contributed by atoms with E-state index < -0.39 is 6.61 Å². The SMILES string of the molecule is Cc1nnn(-c2ccc(OC(F)F)cc2)c1COc1ccc(Cl)nn1. The molecule has 0 saturated carbocycles. The van der Waals surface area contributed by atoms with Gasteiger partial charge in [0.2, 0.25) is 5.88 Å².